The standard InChI is InChI=1S/C18H23NO.F6P/c1-3-5-6-16-7-9-17(10-8-16)18-11-13-19(14-12-18)20-15-4-2;1-7(2,3,4,5)6/h7-13H,3-6,15H2,1-2H3;/q;-1. The molecule has 0 bridgehead atoms. The first-order valence-electron chi connectivity index (χ1n) is 8.51. The summed E-state index contributed by atoms with van der Waals surface area (Å²) in [4.78, 5) is 5.47. The average molecular weight is 414 g/mol. The first kappa shape index (κ1) is 23.2. The molecule has 1 aromatic carbocycles. The minimum atomic E-state index is -10.7. The van der Waals surface area contributed by atoms with Gasteiger partial charge in [-0.15, -0.1) is 5.56 Å². The SMILES string of the molecule is CCCCc1ccc(-c2c[c-][n+](OCCC)cc2)cc1.F[P-](F)(F)(F)(F)F. The number of pyridine rings is 1. The van der Waals surface area contributed by atoms with Crippen LogP contribution in [0.3, 0.4) is 0 Å². The van der Waals surface area contributed by atoms with E-state index in [1.54, 1.807) is 4.73 Å². The van der Waals surface area contributed by atoms with Gasteiger partial charge in [-0.05, 0) is 24.8 Å². The first-order valence-corrected chi connectivity index (χ1v) is 10.5. The number of aromatic nitrogens is 1. The van der Waals surface area contributed by atoms with Crippen molar-refractivity contribution in [3.05, 3.63) is 54.4 Å². The second-order valence-corrected chi connectivity index (χ2v) is 7.88. The van der Waals surface area contributed by atoms with Crippen LogP contribution in [-0.2, 0) is 6.42 Å². The van der Waals surface area contributed by atoms with Gasteiger partial charge >= 0.3 is 33.0 Å². The maximum absolute atomic E-state index is 10.7. The second-order valence-electron chi connectivity index (χ2n) is 5.96. The average Bonchev–Trinajstić information content (AvgIpc) is 2.56. The van der Waals surface area contributed by atoms with Gasteiger partial charge in [-0.1, -0.05) is 67.0 Å². The maximum atomic E-state index is 9.87. The third-order valence-electron chi connectivity index (χ3n) is 3.28. The molecule has 0 unspecified atom stereocenters. The Morgan fingerprint density at radius 3 is 1.93 bits per heavy atom. The van der Waals surface area contributed by atoms with E-state index in [1.807, 2.05) is 12.3 Å². The molecule has 9 heteroatoms. The van der Waals surface area contributed by atoms with Crippen molar-refractivity contribution in [1.29, 1.82) is 0 Å². The Labute approximate surface area is 155 Å². The van der Waals surface area contributed by atoms with Gasteiger partial charge in [0.2, 0.25) is 0 Å². The van der Waals surface area contributed by atoms with Crippen molar-refractivity contribution < 1.29 is 34.7 Å². The Balaban J connectivity index is 0.000000445. The molecule has 0 saturated carbocycles. The van der Waals surface area contributed by atoms with Crippen LogP contribution in [0.2, 0.25) is 0 Å². The van der Waals surface area contributed by atoms with Gasteiger partial charge in [0.1, 0.15) is 6.20 Å². The first-order chi connectivity index (χ1) is 12.3. The molecule has 1 aromatic heterocycles. The van der Waals surface area contributed by atoms with E-state index in [9.17, 15) is 25.2 Å². The summed E-state index contributed by atoms with van der Waals surface area (Å²) in [7, 11) is -10.7. The van der Waals surface area contributed by atoms with Crippen molar-refractivity contribution in [2.75, 3.05) is 6.61 Å². The fourth-order valence-corrected chi connectivity index (χ4v) is 2.07. The topological polar surface area (TPSA) is 13.1 Å². The summed E-state index contributed by atoms with van der Waals surface area (Å²) in [6.45, 7) is 5.03. The van der Waals surface area contributed by atoms with Gasteiger partial charge < -0.3 is 0 Å². The molecular formula is C18H23F6NOP-. The van der Waals surface area contributed by atoms with Crippen LogP contribution in [0, 0.1) is 6.20 Å². The summed E-state index contributed by atoms with van der Waals surface area (Å²) in [5.74, 6) is 0. The Morgan fingerprint density at radius 2 is 1.48 bits per heavy atom. The monoisotopic (exact) mass is 414 g/mol. The quantitative estimate of drug-likeness (QED) is 0.206. The number of aryl methyl sites for hydroxylation is 1. The summed E-state index contributed by atoms with van der Waals surface area (Å²) in [5, 5.41) is 0. The van der Waals surface area contributed by atoms with Crippen LogP contribution in [0.4, 0.5) is 25.2 Å². The van der Waals surface area contributed by atoms with E-state index in [1.165, 1.54) is 36.0 Å². The van der Waals surface area contributed by atoms with Gasteiger partial charge in [0.15, 0.2) is 12.8 Å². The number of hydrogen-bond acceptors (Lipinski definition) is 1. The second kappa shape index (κ2) is 8.46. The minimum absolute atomic E-state index is 0.715. The van der Waals surface area contributed by atoms with Gasteiger partial charge in [0.05, 0.1) is 0 Å². The zero-order valence-electron chi connectivity index (χ0n) is 15.1. The zero-order valence-corrected chi connectivity index (χ0v) is 16.0. The molecule has 0 N–H and O–H groups in total. The molecule has 0 fully saturated rings. The Morgan fingerprint density at radius 1 is 0.889 bits per heavy atom. The van der Waals surface area contributed by atoms with Crippen LogP contribution in [0.15, 0.2) is 42.6 Å². The van der Waals surface area contributed by atoms with Crippen LogP contribution in [0.5, 0.6) is 0 Å². The third kappa shape index (κ3) is 13.1. The van der Waals surface area contributed by atoms with Gasteiger partial charge in [0, 0.05) is 0 Å². The van der Waals surface area contributed by atoms with Crippen molar-refractivity contribution in [3.63, 3.8) is 0 Å². The molecular weight excluding hydrogens is 391 g/mol. The van der Waals surface area contributed by atoms with Gasteiger partial charge in [0.25, 0.3) is 0 Å². The Kier molecular flexibility index (Phi) is 7.28. The van der Waals surface area contributed by atoms with Crippen molar-refractivity contribution in [3.8, 4) is 11.1 Å². The molecule has 27 heavy (non-hydrogen) atoms. The zero-order chi connectivity index (χ0) is 20.6. The summed E-state index contributed by atoms with van der Waals surface area (Å²) >= 11 is 0. The van der Waals surface area contributed by atoms with E-state index in [0.717, 1.165) is 6.42 Å². The summed E-state index contributed by atoms with van der Waals surface area (Å²) in [6.07, 6.45) is 9.70. The van der Waals surface area contributed by atoms with E-state index in [4.69, 9.17) is 4.84 Å². The fourth-order valence-electron chi connectivity index (χ4n) is 2.07. The molecule has 0 atom stereocenters. The molecule has 0 saturated heterocycles. The molecule has 0 radical (unpaired) electrons. The molecule has 2 aromatic rings. The third-order valence-corrected chi connectivity index (χ3v) is 3.28. The fraction of sp³-hybridized carbons (Fsp3) is 0.389. The Bertz CT molecular complexity index is 638. The van der Waals surface area contributed by atoms with Crippen LogP contribution in [0.25, 0.3) is 11.1 Å². The summed E-state index contributed by atoms with van der Waals surface area (Å²) < 4.78 is 60.8. The van der Waals surface area contributed by atoms with Gasteiger partial charge in [-0.2, -0.15) is 0 Å². The number of nitrogens with zero attached hydrogens (tertiary/aromatic N) is 1. The number of hydrogen-bond donors (Lipinski definition) is 0. The molecule has 0 aliphatic rings. The molecule has 0 amide bonds. The van der Waals surface area contributed by atoms with E-state index in [0.29, 0.717) is 6.61 Å². The van der Waals surface area contributed by atoms with Gasteiger partial charge in [-0.3, -0.25) is 4.84 Å². The van der Waals surface area contributed by atoms with Crippen molar-refractivity contribution in [1.82, 2.24) is 0 Å². The Hall–Kier alpha value is -1.82. The van der Waals surface area contributed by atoms with E-state index in [2.05, 4.69) is 50.4 Å². The van der Waals surface area contributed by atoms with E-state index >= 15 is 0 Å². The normalized spacial score (nSPS) is 13.8. The van der Waals surface area contributed by atoms with Crippen molar-refractivity contribution in [2.24, 2.45) is 0 Å². The summed E-state index contributed by atoms with van der Waals surface area (Å²) in [6, 6.07) is 12.8. The molecule has 0 spiro atoms. The molecule has 2 rings (SSSR count). The van der Waals surface area contributed by atoms with Crippen molar-refractivity contribution in [2.45, 2.75) is 39.5 Å². The number of unbranched alkanes of at least 4 members (excludes halogenated alkanes) is 1. The van der Waals surface area contributed by atoms with Crippen LogP contribution in [0.1, 0.15) is 38.7 Å². The van der Waals surface area contributed by atoms with Gasteiger partial charge in [-0.25, -0.2) is 0 Å². The molecule has 0 aliphatic heterocycles. The molecule has 1 heterocycles. The number of halogens is 6. The van der Waals surface area contributed by atoms with Crippen LogP contribution in [-0.4, -0.2) is 6.61 Å². The van der Waals surface area contributed by atoms with Crippen LogP contribution >= 0.6 is 7.81 Å². The van der Waals surface area contributed by atoms with Crippen molar-refractivity contribution >= 4 is 7.81 Å². The molecule has 2 nitrogen and oxygen atoms in total. The van der Waals surface area contributed by atoms with E-state index in [-0.39, 0.29) is 0 Å². The predicted molar refractivity (Wildman–Crippen MR) is 94.8 cm³/mol. The number of rotatable bonds is 7. The number of benzene rings is 1. The summed E-state index contributed by atoms with van der Waals surface area (Å²) in [5.41, 5.74) is 3.81. The molecule has 0 aliphatic carbocycles. The predicted octanol–water partition coefficient (Wildman–Crippen LogP) is 7.00. The van der Waals surface area contributed by atoms with E-state index < -0.39 is 7.81 Å². The molecule has 154 valence electrons. The van der Waals surface area contributed by atoms with Crippen LogP contribution < -0.4 is 9.57 Å².